The summed E-state index contributed by atoms with van der Waals surface area (Å²) in [5.41, 5.74) is -4.10. The second-order valence-corrected chi connectivity index (χ2v) is 17.2. The molecule has 0 spiro atoms. The van der Waals surface area contributed by atoms with E-state index < -0.39 is 88.8 Å². The molecule has 326 valence electrons. The topological polar surface area (TPSA) is 212 Å². The van der Waals surface area contributed by atoms with Gasteiger partial charge in [0.05, 0.1) is 29.2 Å². The molecule has 2 amide bonds. The van der Waals surface area contributed by atoms with Crippen molar-refractivity contribution in [1.82, 2.24) is 20.5 Å². The van der Waals surface area contributed by atoms with Crippen molar-refractivity contribution in [3.63, 3.8) is 0 Å². The molecule has 5 unspecified atom stereocenters. The largest absolute Gasteiger partial charge is 0.457 e. The average molecular weight is 827 g/mol. The number of benzene rings is 1. The Morgan fingerprint density at radius 2 is 1.75 bits per heavy atom. The van der Waals surface area contributed by atoms with E-state index in [1.807, 2.05) is 56.3 Å². The Labute approximate surface area is 346 Å². The van der Waals surface area contributed by atoms with Crippen molar-refractivity contribution in [2.75, 3.05) is 27.7 Å². The molecule has 5 rings (SSSR count). The number of Topliss-reactive ketones (excluding diaryl/α,β-unsaturated/α-hetero) is 2. The Kier molecular flexibility index (Phi) is 14.3. The maximum absolute atomic E-state index is 14.4. The molecule has 2 aromatic rings. The Balaban J connectivity index is 1.44. The number of hydrogen-bond donors (Lipinski definition) is 4. The molecule has 4 N–H and O–H groups in total. The van der Waals surface area contributed by atoms with Gasteiger partial charge in [0.15, 0.2) is 23.4 Å². The highest BCUT2D eigenvalue weighted by molar-refractivity contribution is 6.00. The van der Waals surface area contributed by atoms with Crippen LogP contribution in [-0.2, 0) is 49.3 Å². The number of carbonyl (C=O) groups excluding carboxylic acids is 5. The summed E-state index contributed by atoms with van der Waals surface area (Å²) in [6.45, 7) is 10.9. The van der Waals surface area contributed by atoms with Gasteiger partial charge in [0.2, 0.25) is 5.91 Å². The number of methoxy groups -OCH3 is 1. The molecule has 3 aliphatic rings. The van der Waals surface area contributed by atoms with Crippen molar-refractivity contribution >= 4 is 40.4 Å². The molecule has 16 heteroatoms. The van der Waals surface area contributed by atoms with Crippen molar-refractivity contribution in [2.45, 2.75) is 134 Å². The predicted molar refractivity (Wildman–Crippen MR) is 215 cm³/mol. The number of cyclic esters (lactones) is 1. The second-order valence-electron chi connectivity index (χ2n) is 17.2. The molecular weight excluding hydrogens is 764 g/mol. The maximum Gasteiger partial charge on any atom is 0.410 e. The zero-order chi connectivity index (χ0) is 43.6. The minimum absolute atomic E-state index is 0.0321. The van der Waals surface area contributed by atoms with Crippen LogP contribution < -0.4 is 10.6 Å². The van der Waals surface area contributed by atoms with Gasteiger partial charge in [-0.3, -0.25) is 29.5 Å². The van der Waals surface area contributed by atoms with Gasteiger partial charge in [-0.25, -0.2) is 4.79 Å². The lowest BCUT2D eigenvalue weighted by Crippen LogP contribution is -2.67. The number of pyridine rings is 1. The van der Waals surface area contributed by atoms with Crippen molar-refractivity contribution < 1.29 is 57.9 Å². The number of fused-ring (bicyclic) bond motifs is 2. The van der Waals surface area contributed by atoms with E-state index in [1.54, 1.807) is 27.0 Å². The predicted octanol–water partition coefficient (Wildman–Crippen LogP) is 3.08. The number of esters is 1. The maximum atomic E-state index is 14.4. The zero-order valence-corrected chi connectivity index (χ0v) is 35.9. The average Bonchev–Trinajstić information content (AvgIpc) is 3.45. The summed E-state index contributed by atoms with van der Waals surface area (Å²) in [4.78, 5) is 75.3. The highest BCUT2D eigenvalue weighted by Crippen LogP contribution is 2.44. The normalized spacial score (nSPS) is 37.3. The van der Waals surface area contributed by atoms with Crippen LogP contribution in [0.1, 0.15) is 79.7 Å². The molecule has 1 aromatic heterocycles. The van der Waals surface area contributed by atoms with Crippen molar-refractivity contribution in [3.05, 3.63) is 42.1 Å². The van der Waals surface area contributed by atoms with E-state index in [0.29, 0.717) is 12.8 Å². The molecule has 16 nitrogen and oxygen atoms in total. The third-order valence-electron chi connectivity index (χ3n) is 12.9. The van der Waals surface area contributed by atoms with Crippen LogP contribution in [-0.4, -0.2) is 131 Å². The summed E-state index contributed by atoms with van der Waals surface area (Å²) < 4.78 is 30.4. The number of likely N-dealkylation sites (N-methyl/N-ethyl adjacent to an activating group) is 1. The number of para-hydroxylation sites is 1. The number of carbonyl (C=O) groups is 5. The summed E-state index contributed by atoms with van der Waals surface area (Å²) in [6.07, 6.45) is -3.70. The summed E-state index contributed by atoms with van der Waals surface area (Å²) >= 11 is 0. The number of rotatable bonds is 10. The van der Waals surface area contributed by atoms with E-state index >= 15 is 0 Å². The number of ether oxygens (including phenoxy) is 5. The van der Waals surface area contributed by atoms with Gasteiger partial charge >= 0.3 is 12.1 Å². The third-order valence-corrected chi connectivity index (χ3v) is 12.9. The summed E-state index contributed by atoms with van der Waals surface area (Å²) in [6, 6.07) is 9.15. The van der Waals surface area contributed by atoms with Gasteiger partial charge in [0.1, 0.15) is 23.9 Å². The standard InChI is InChI=1S/C43H62N4O12/c1-23-22-41(6,55-10)37(58-39-36(51)31(47(8)9)21-24(2)56-39)25(3)35(50)26(4)38(52)57-32(42(7)43(54,27(5)34(23)49)46-40(53)59-42)18-20-45-33(48)16-15-28-17-19-44-30-14-12-11-13-29(28)30/h11-14,17,19,23-27,31-32,36-37,39,51,54H,15-16,18,20-22H2,1-10H3,(H,45,48)(H,46,53)/t23-,24?,25+,26-,27+,31?,32-,36?,37-,39?,41-,42-,43?/m1/s1. The number of nitrogens with one attached hydrogen (secondary N) is 2. The van der Waals surface area contributed by atoms with E-state index in [1.165, 1.54) is 27.9 Å². The highest BCUT2D eigenvalue weighted by Gasteiger charge is 2.66. The first kappa shape index (κ1) is 46.0. The molecule has 0 bridgehead atoms. The van der Waals surface area contributed by atoms with Crippen LogP contribution in [0.25, 0.3) is 10.9 Å². The van der Waals surface area contributed by atoms with Crippen molar-refractivity contribution in [1.29, 1.82) is 0 Å². The minimum Gasteiger partial charge on any atom is -0.457 e. The Morgan fingerprint density at radius 1 is 1.05 bits per heavy atom. The first-order valence-electron chi connectivity index (χ1n) is 20.5. The number of aromatic nitrogens is 1. The fourth-order valence-corrected chi connectivity index (χ4v) is 9.07. The fourth-order valence-electron chi connectivity index (χ4n) is 9.07. The number of ketones is 2. The molecule has 1 aromatic carbocycles. The lowest BCUT2D eigenvalue weighted by Gasteiger charge is -2.47. The Bertz CT molecular complexity index is 1870. The van der Waals surface area contributed by atoms with E-state index in [4.69, 9.17) is 23.7 Å². The molecular formula is C43H62N4O12. The van der Waals surface area contributed by atoms with E-state index in [2.05, 4.69) is 15.6 Å². The van der Waals surface area contributed by atoms with Crippen LogP contribution in [0.4, 0.5) is 4.79 Å². The summed E-state index contributed by atoms with van der Waals surface area (Å²) in [5, 5.41) is 30.0. The minimum atomic E-state index is -2.41. The van der Waals surface area contributed by atoms with Gasteiger partial charge in [0.25, 0.3) is 0 Å². The van der Waals surface area contributed by atoms with Crippen LogP contribution in [0.2, 0.25) is 0 Å². The van der Waals surface area contributed by atoms with E-state index in [-0.39, 0.29) is 43.9 Å². The van der Waals surface area contributed by atoms with Gasteiger partial charge < -0.3 is 44.1 Å². The van der Waals surface area contributed by atoms with Crippen LogP contribution in [0, 0.1) is 23.7 Å². The third kappa shape index (κ3) is 9.32. The number of aliphatic hydroxyl groups is 2. The van der Waals surface area contributed by atoms with E-state index in [0.717, 1.165) is 16.5 Å². The molecule has 3 fully saturated rings. The lowest BCUT2D eigenvalue weighted by atomic mass is 9.71. The second kappa shape index (κ2) is 18.3. The van der Waals surface area contributed by atoms with Crippen LogP contribution in [0.5, 0.6) is 0 Å². The summed E-state index contributed by atoms with van der Waals surface area (Å²) in [5.74, 6) is -7.04. The van der Waals surface area contributed by atoms with Crippen molar-refractivity contribution in [2.24, 2.45) is 23.7 Å². The number of hydrogen-bond acceptors (Lipinski definition) is 14. The molecule has 0 aliphatic carbocycles. The first-order valence-corrected chi connectivity index (χ1v) is 20.5. The molecule has 0 saturated carbocycles. The smallest absolute Gasteiger partial charge is 0.410 e. The Morgan fingerprint density at radius 3 is 2.42 bits per heavy atom. The molecule has 4 heterocycles. The monoisotopic (exact) mass is 826 g/mol. The van der Waals surface area contributed by atoms with Gasteiger partial charge in [0, 0.05) is 56.0 Å². The summed E-state index contributed by atoms with van der Waals surface area (Å²) in [7, 11) is 5.08. The Hall–Kier alpha value is -4.06. The molecule has 59 heavy (non-hydrogen) atoms. The number of alkyl carbamates (subject to hydrolysis) is 1. The quantitative estimate of drug-likeness (QED) is 0.200. The van der Waals surface area contributed by atoms with Gasteiger partial charge in [-0.2, -0.15) is 0 Å². The molecule has 0 radical (unpaired) electrons. The first-order chi connectivity index (χ1) is 27.7. The molecule has 13 atom stereocenters. The lowest BCUT2D eigenvalue weighted by molar-refractivity contribution is -0.295. The number of nitrogens with zero attached hydrogens (tertiary/aromatic N) is 2. The fraction of sp³-hybridized carbons (Fsp3) is 0.674. The SMILES string of the molecule is CO[C@]1(C)C[C@@H](C)C(=O)[C@H](C)C2(O)NC(=O)O[C@]2(C)[C@@H](CCNC(=O)CCc2ccnc3ccccc23)OC(=O)[C@H](C)C(=O)[C@H](C)[C@H]1OC1OC(C)CC(N(C)C)C1O. The van der Waals surface area contributed by atoms with Gasteiger partial charge in [-0.05, 0) is 78.7 Å². The van der Waals surface area contributed by atoms with Crippen LogP contribution >= 0.6 is 0 Å². The number of aliphatic hydroxyl groups excluding tert-OH is 1. The van der Waals surface area contributed by atoms with Crippen LogP contribution in [0.15, 0.2) is 36.5 Å². The molecule has 3 aliphatic heterocycles. The van der Waals surface area contributed by atoms with Crippen molar-refractivity contribution in [3.8, 4) is 0 Å². The highest BCUT2D eigenvalue weighted by atomic mass is 16.7. The number of aryl methyl sites for hydroxylation is 1. The van der Waals surface area contributed by atoms with Gasteiger partial charge in [-0.1, -0.05) is 39.0 Å². The molecule has 3 saturated heterocycles. The van der Waals surface area contributed by atoms with Gasteiger partial charge in [-0.15, -0.1) is 0 Å². The zero-order valence-electron chi connectivity index (χ0n) is 35.9. The van der Waals surface area contributed by atoms with E-state index in [9.17, 15) is 34.2 Å². The number of amides is 2. The van der Waals surface area contributed by atoms with Crippen LogP contribution in [0.3, 0.4) is 0 Å².